The maximum Gasteiger partial charge on any atom is 0.416 e. The van der Waals surface area contributed by atoms with Gasteiger partial charge in [0.2, 0.25) is 0 Å². The van der Waals surface area contributed by atoms with Gasteiger partial charge in [-0.15, -0.1) is 0 Å². The van der Waals surface area contributed by atoms with Crippen LogP contribution in [0, 0.1) is 6.92 Å². The zero-order valence-corrected chi connectivity index (χ0v) is 12.0. The molecule has 0 spiro atoms. The normalized spacial score (nSPS) is 11.7. The molecular formula is C15H18F3N3. The van der Waals surface area contributed by atoms with E-state index in [1.165, 1.54) is 6.07 Å². The van der Waals surface area contributed by atoms with Gasteiger partial charge in [-0.2, -0.15) is 13.2 Å². The van der Waals surface area contributed by atoms with Crippen molar-refractivity contribution in [3.63, 3.8) is 0 Å². The molecule has 0 atom stereocenters. The fourth-order valence-electron chi connectivity index (χ4n) is 2.11. The summed E-state index contributed by atoms with van der Waals surface area (Å²) in [6, 6.07) is 3.71. The Morgan fingerprint density at radius 1 is 1.29 bits per heavy atom. The Labute approximate surface area is 121 Å². The van der Waals surface area contributed by atoms with E-state index < -0.39 is 11.7 Å². The van der Waals surface area contributed by atoms with Crippen LogP contribution in [0.3, 0.4) is 0 Å². The van der Waals surface area contributed by atoms with Crippen LogP contribution in [0.1, 0.15) is 30.3 Å². The number of nitrogens with zero attached hydrogens (tertiary/aromatic N) is 2. The van der Waals surface area contributed by atoms with Crippen molar-refractivity contribution in [1.29, 1.82) is 0 Å². The Kier molecular flexibility index (Phi) is 4.55. The van der Waals surface area contributed by atoms with Gasteiger partial charge in [0.1, 0.15) is 5.82 Å². The highest BCUT2D eigenvalue weighted by atomic mass is 19.4. The summed E-state index contributed by atoms with van der Waals surface area (Å²) in [5.41, 5.74) is 0.611. The molecule has 3 nitrogen and oxygen atoms in total. The summed E-state index contributed by atoms with van der Waals surface area (Å²) in [5.74, 6) is 0.814. The highest BCUT2D eigenvalue weighted by Crippen LogP contribution is 2.32. The predicted molar refractivity (Wildman–Crippen MR) is 76.0 cm³/mol. The molecule has 6 heteroatoms. The lowest BCUT2D eigenvalue weighted by Crippen LogP contribution is -2.10. The van der Waals surface area contributed by atoms with Gasteiger partial charge >= 0.3 is 6.18 Å². The summed E-state index contributed by atoms with van der Waals surface area (Å²) >= 11 is 0. The molecule has 1 aromatic heterocycles. The molecule has 0 aliphatic carbocycles. The molecule has 0 aliphatic heterocycles. The van der Waals surface area contributed by atoms with E-state index in [2.05, 4.69) is 17.2 Å². The van der Waals surface area contributed by atoms with Crippen molar-refractivity contribution in [2.45, 2.75) is 39.5 Å². The summed E-state index contributed by atoms with van der Waals surface area (Å²) in [6.45, 7) is 5.09. The molecule has 2 rings (SSSR count). The molecule has 0 bridgehead atoms. The van der Waals surface area contributed by atoms with Gasteiger partial charge in [0.15, 0.2) is 0 Å². The molecule has 0 amide bonds. The SMILES string of the molecule is CCCn1ccnc1CNc1cc(C(F)(F)F)ccc1C. The third-order valence-corrected chi connectivity index (χ3v) is 3.27. The molecule has 0 aliphatic rings. The first-order chi connectivity index (χ1) is 9.91. The fraction of sp³-hybridized carbons (Fsp3) is 0.400. The average Bonchev–Trinajstić information content (AvgIpc) is 2.84. The second-order valence-electron chi connectivity index (χ2n) is 4.92. The maximum absolute atomic E-state index is 12.7. The molecule has 0 radical (unpaired) electrons. The molecule has 2 aromatic rings. The number of aromatic nitrogens is 2. The number of anilines is 1. The Morgan fingerprint density at radius 3 is 2.71 bits per heavy atom. The van der Waals surface area contributed by atoms with E-state index in [-0.39, 0.29) is 0 Å². The largest absolute Gasteiger partial charge is 0.416 e. The molecule has 1 heterocycles. The first kappa shape index (κ1) is 15.4. The zero-order chi connectivity index (χ0) is 15.5. The van der Waals surface area contributed by atoms with Crippen LogP contribution in [0.4, 0.5) is 18.9 Å². The lowest BCUT2D eigenvalue weighted by atomic mass is 10.1. The van der Waals surface area contributed by atoms with E-state index in [1.807, 2.05) is 10.8 Å². The van der Waals surface area contributed by atoms with Crippen LogP contribution in [0.15, 0.2) is 30.6 Å². The van der Waals surface area contributed by atoms with Crippen molar-refractivity contribution >= 4 is 5.69 Å². The maximum atomic E-state index is 12.7. The Morgan fingerprint density at radius 2 is 2.05 bits per heavy atom. The smallest absolute Gasteiger partial charge is 0.378 e. The summed E-state index contributed by atoms with van der Waals surface area (Å²) in [4.78, 5) is 4.23. The monoisotopic (exact) mass is 297 g/mol. The van der Waals surface area contributed by atoms with E-state index >= 15 is 0 Å². The first-order valence-corrected chi connectivity index (χ1v) is 6.83. The lowest BCUT2D eigenvalue weighted by Gasteiger charge is -2.14. The summed E-state index contributed by atoms with van der Waals surface area (Å²) < 4.78 is 40.2. The van der Waals surface area contributed by atoms with Gasteiger partial charge in [0.05, 0.1) is 12.1 Å². The van der Waals surface area contributed by atoms with E-state index in [4.69, 9.17) is 0 Å². The van der Waals surface area contributed by atoms with E-state index in [9.17, 15) is 13.2 Å². The number of halogens is 3. The highest BCUT2D eigenvalue weighted by molar-refractivity contribution is 5.53. The molecular weight excluding hydrogens is 279 g/mol. The fourth-order valence-corrected chi connectivity index (χ4v) is 2.11. The molecule has 1 N–H and O–H groups in total. The standard InChI is InChI=1S/C15H18F3N3/c1-3-7-21-8-6-19-14(21)10-20-13-9-12(15(16,17)18)5-4-11(13)2/h4-6,8-9,20H,3,7,10H2,1-2H3. The third kappa shape index (κ3) is 3.77. The van der Waals surface area contributed by atoms with Crippen molar-refractivity contribution in [3.8, 4) is 0 Å². The summed E-state index contributed by atoms with van der Waals surface area (Å²) in [5, 5.41) is 3.04. The number of hydrogen-bond acceptors (Lipinski definition) is 2. The average molecular weight is 297 g/mol. The minimum Gasteiger partial charge on any atom is -0.378 e. The van der Waals surface area contributed by atoms with Crippen LogP contribution in [-0.2, 0) is 19.3 Å². The van der Waals surface area contributed by atoms with Gasteiger partial charge in [-0.25, -0.2) is 4.98 Å². The topological polar surface area (TPSA) is 29.9 Å². The molecule has 21 heavy (non-hydrogen) atoms. The van der Waals surface area contributed by atoms with Gasteiger partial charge in [-0.05, 0) is 31.0 Å². The highest BCUT2D eigenvalue weighted by Gasteiger charge is 2.30. The number of aryl methyl sites for hydroxylation is 2. The summed E-state index contributed by atoms with van der Waals surface area (Å²) in [7, 11) is 0. The second-order valence-corrected chi connectivity index (χ2v) is 4.92. The Hall–Kier alpha value is -1.98. The second kappa shape index (κ2) is 6.20. The van der Waals surface area contributed by atoms with Crippen LogP contribution in [0.5, 0.6) is 0 Å². The number of imidazole rings is 1. The van der Waals surface area contributed by atoms with Crippen LogP contribution in [0.2, 0.25) is 0 Å². The van der Waals surface area contributed by atoms with E-state index in [0.29, 0.717) is 12.2 Å². The first-order valence-electron chi connectivity index (χ1n) is 6.83. The minimum absolute atomic E-state index is 0.398. The van der Waals surface area contributed by atoms with Crippen LogP contribution >= 0.6 is 0 Å². The van der Waals surface area contributed by atoms with Gasteiger partial charge < -0.3 is 9.88 Å². The molecule has 0 saturated carbocycles. The van der Waals surface area contributed by atoms with Crippen molar-refractivity contribution in [1.82, 2.24) is 9.55 Å². The molecule has 0 fully saturated rings. The Bertz CT molecular complexity index is 602. The minimum atomic E-state index is -4.33. The number of benzene rings is 1. The molecule has 0 unspecified atom stereocenters. The Balaban J connectivity index is 2.14. The van der Waals surface area contributed by atoms with Gasteiger partial charge in [0, 0.05) is 24.6 Å². The van der Waals surface area contributed by atoms with Crippen LogP contribution < -0.4 is 5.32 Å². The third-order valence-electron chi connectivity index (χ3n) is 3.27. The van der Waals surface area contributed by atoms with Gasteiger partial charge in [-0.1, -0.05) is 13.0 Å². The molecule has 0 saturated heterocycles. The number of alkyl halides is 3. The number of nitrogens with one attached hydrogen (secondary N) is 1. The van der Waals surface area contributed by atoms with Crippen molar-refractivity contribution in [2.24, 2.45) is 0 Å². The van der Waals surface area contributed by atoms with Crippen LogP contribution in [-0.4, -0.2) is 9.55 Å². The summed E-state index contributed by atoms with van der Waals surface area (Å²) in [6.07, 6.45) is 0.224. The van der Waals surface area contributed by atoms with Crippen molar-refractivity contribution < 1.29 is 13.2 Å². The zero-order valence-electron chi connectivity index (χ0n) is 12.0. The van der Waals surface area contributed by atoms with Crippen LogP contribution in [0.25, 0.3) is 0 Å². The lowest BCUT2D eigenvalue weighted by molar-refractivity contribution is -0.137. The predicted octanol–water partition coefficient (Wildman–Crippen LogP) is 4.23. The number of rotatable bonds is 5. The van der Waals surface area contributed by atoms with E-state index in [1.54, 1.807) is 13.1 Å². The molecule has 1 aromatic carbocycles. The number of hydrogen-bond donors (Lipinski definition) is 1. The van der Waals surface area contributed by atoms with Gasteiger partial charge in [-0.3, -0.25) is 0 Å². The van der Waals surface area contributed by atoms with Crippen molar-refractivity contribution in [3.05, 3.63) is 47.5 Å². The van der Waals surface area contributed by atoms with Crippen molar-refractivity contribution in [2.75, 3.05) is 5.32 Å². The quantitative estimate of drug-likeness (QED) is 0.895. The molecule has 114 valence electrons. The van der Waals surface area contributed by atoms with E-state index in [0.717, 1.165) is 36.5 Å². The van der Waals surface area contributed by atoms with Gasteiger partial charge in [0.25, 0.3) is 0 Å².